The third-order valence-electron chi connectivity index (χ3n) is 2.95. The molecule has 0 aliphatic rings. The Morgan fingerprint density at radius 2 is 1.84 bits per heavy atom. The van der Waals surface area contributed by atoms with Crippen molar-refractivity contribution in [1.29, 1.82) is 0 Å². The molecule has 0 saturated carbocycles. The fraction of sp³-hybridized carbons (Fsp3) is 0.286. The minimum absolute atomic E-state index is 0.130. The average Bonchev–Trinajstić information content (AvgIpc) is 2.39. The lowest BCUT2D eigenvalue weighted by molar-refractivity contribution is 0.475. The van der Waals surface area contributed by atoms with Crippen LogP contribution in [0.3, 0.4) is 0 Å². The molecule has 0 fully saturated rings. The van der Waals surface area contributed by atoms with Gasteiger partial charge in [-0.05, 0) is 31.0 Å². The molecule has 2 rings (SSSR count). The summed E-state index contributed by atoms with van der Waals surface area (Å²) in [6.45, 7) is 3.97. The summed E-state index contributed by atoms with van der Waals surface area (Å²) in [6.07, 6.45) is 1.43. The molecule has 0 spiro atoms. The van der Waals surface area contributed by atoms with E-state index >= 15 is 0 Å². The van der Waals surface area contributed by atoms with Crippen LogP contribution in [-0.4, -0.2) is 15.1 Å². The van der Waals surface area contributed by atoms with E-state index in [1.165, 1.54) is 6.07 Å². The molecule has 0 radical (unpaired) electrons. The van der Waals surface area contributed by atoms with Gasteiger partial charge in [0.15, 0.2) is 0 Å². The number of hydrogen-bond donors (Lipinski definition) is 2. The largest absolute Gasteiger partial charge is 0.508 e. The van der Waals surface area contributed by atoms with Gasteiger partial charge < -0.3 is 10.8 Å². The van der Waals surface area contributed by atoms with Crippen LogP contribution in [0.1, 0.15) is 25.2 Å². The van der Waals surface area contributed by atoms with Crippen LogP contribution in [0.15, 0.2) is 18.2 Å². The number of halogens is 1. The number of hydrogen-bond acceptors (Lipinski definition) is 4. The molecule has 1 heterocycles. The van der Waals surface area contributed by atoms with E-state index in [1.54, 1.807) is 12.1 Å². The van der Waals surface area contributed by atoms with Gasteiger partial charge in [-0.2, -0.15) is 0 Å². The number of nitrogen functional groups attached to an aromatic ring is 1. The van der Waals surface area contributed by atoms with Crippen molar-refractivity contribution < 1.29 is 5.11 Å². The van der Waals surface area contributed by atoms with Gasteiger partial charge in [0.25, 0.3) is 0 Å². The zero-order valence-electron chi connectivity index (χ0n) is 10.9. The minimum atomic E-state index is 0.130. The van der Waals surface area contributed by atoms with Gasteiger partial charge in [0.05, 0.1) is 22.1 Å². The first-order chi connectivity index (χ1) is 9.06. The Kier molecular flexibility index (Phi) is 3.90. The van der Waals surface area contributed by atoms with E-state index in [4.69, 9.17) is 17.3 Å². The number of nitrogens with zero attached hydrogens (tertiary/aromatic N) is 2. The first kappa shape index (κ1) is 13.6. The van der Waals surface area contributed by atoms with Gasteiger partial charge >= 0.3 is 0 Å². The highest BCUT2D eigenvalue weighted by Gasteiger charge is 2.14. The van der Waals surface area contributed by atoms with Crippen LogP contribution in [0.25, 0.3) is 11.3 Å². The Bertz CT molecular complexity index is 614. The molecular weight excluding hydrogens is 262 g/mol. The quantitative estimate of drug-likeness (QED) is 0.904. The van der Waals surface area contributed by atoms with Gasteiger partial charge in [0, 0.05) is 5.56 Å². The topological polar surface area (TPSA) is 72.0 Å². The molecule has 1 aromatic heterocycles. The summed E-state index contributed by atoms with van der Waals surface area (Å²) in [4.78, 5) is 8.97. The van der Waals surface area contributed by atoms with E-state index in [2.05, 4.69) is 9.97 Å². The van der Waals surface area contributed by atoms with Crippen molar-refractivity contribution in [1.82, 2.24) is 9.97 Å². The van der Waals surface area contributed by atoms with Gasteiger partial charge in [-0.25, -0.2) is 9.97 Å². The number of aryl methyl sites for hydroxylation is 2. The zero-order valence-corrected chi connectivity index (χ0v) is 11.7. The number of aromatic hydroxyl groups is 1. The maximum atomic E-state index is 9.42. The lowest BCUT2D eigenvalue weighted by atomic mass is 10.1. The molecule has 0 saturated heterocycles. The van der Waals surface area contributed by atoms with E-state index in [1.807, 2.05) is 13.8 Å². The van der Waals surface area contributed by atoms with Crippen molar-refractivity contribution >= 4 is 17.4 Å². The van der Waals surface area contributed by atoms with Gasteiger partial charge in [0.1, 0.15) is 11.6 Å². The van der Waals surface area contributed by atoms with Crippen molar-refractivity contribution in [3.8, 4) is 17.0 Å². The van der Waals surface area contributed by atoms with E-state index in [0.717, 1.165) is 22.6 Å². The molecule has 19 heavy (non-hydrogen) atoms. The Balaban J connectivity index is 2.66. The van der Waals surface area contributed by atoms with Crippen molar-refractivity contribution in [3.63, 3.8) is 0 Å². The van der Waals surface area contributed by atoms with Crippen LogP contribution in [0.5, 0.6) is 5.75 Å². The first-order valence-corrected chi connectivity index (χ1v) is 6.58. The Morgan fingerprint density at radius 3 is 2.42 bits per heavy atom. The predicted octanol–water partition coefficient (Wildman–Crippen LogP) is 3.21. The summed E-state index contributed by atoms with van der Waals surface area (Å²) in [5.74, 6) is 0.601. The third kappa shape index (κ3) is 2.63. The normalized spacial score (nSPS) is 10.7. The first-order valence-electron chi connectivity index (χ1n) is 6.21. The third-order valence-corrected chi connectivity index (χ3v) is 3.26. The van der Waals surface area contributed by atoms with Crippen LogP contribution in [0, 0.1) is 0 Å². The molecule has 0 aliphatic carbocycles. The van der Waals surface area contributed by atoms with Crippen molar-refractivity contribution in [2.75, 3.05) is 5.73 Å². The number of phenolic OH excluding ortho intramolecular Hbond substituents is 1. The second-order valence-electron chi connectivity index (χ2n) is 4.22. The summed E-state index contributed by atoms with van der Waals surface area (Å²) in [5, 5.41) is 9.87. The summed E-state index contributed by atoms with van der Waals surface area (Å²) in [5.41, 5.74) is 8.94. The molecule has 0 bridgehead atoms. The monoisotopic (exact) mass is 277 g/mol. The standard InChI is InChI=1S/C14H16ClN3O/c1-3-11-13(17-12(4-2)14(16)18-11)9-6-5-8(19)7-10(9)15/h5-7,19H,3-4H2,1-2H3,(H2,16,18). The molecule has 1 aromatic carbocycles. The zero-order chi connectivity index (χ0) is 14.0. The average molecular weight is 278 g/mol. The Hall–Kier alpha value is -1.81. The fourth-order valence-electron chi connectivity index (χ4n) is 1.94. The number of phenols is 1. The molecule has 100 valence electrons. The van der Waals surface area contributed by atoms with Crippen molar-refractivity contribution in [3.05, 3.63) is 34.6 Å². The summed E-state index contributed by atoms with van der Waals surface area (Å²) in [7, 11) is 0. The van der Waals surface area contributed by atoms with Gasteiger partial charge in [-0.3, -0.25) is 0 Å². The second-order valence-corrected chi connectivity index (χ2v) is 4.63. The SMILES string of the molecule is CCc1nc(-c2ccc(O)cc2Cl)c(CC)nc1N. The number of rotatable bonds is 3. The molecular formula is C14H16ClN3O. The van der Waals surface area contributed by atoms with Crippen molar-refractivity contribution in [2.24, 2.45) is 0 Å². The maximum Gasteiger partial charge on any atom is 0.145 e. The summed E-state index contributed by atoms with van der Waals surface area (Å²) < 4.78 is 0. The van der Waals surface area contributed by atoms with E-state index in [9.17, 15) is 5.11 Å². The molecule has 0 amide bonds. The molecule has 2 aromatic rings. The van der Waals surface area contributed by atoms with Crippen LogP contribution < -0.4 is 5.73 Å². The number of aromatic nitrogens is 2. The fourth-order valence-corrected chi connectivity index (χ4v) is 2.20. The number of anilines is 1. The Labute approximate surface area is 117 Å². The van der Waals surface area contributed by atoms with Gasteiger partial charge in [0.2, 0.25) is 0 Å². The maximum absolute atomic E-state index is 9.42. The molecule has 5 heteroatoms. The number of nitrogens with two attached hydrogens (primary N) is 1. The second kappa shape index (κ2) is 5.45. The molecule has 0 aliphatic heterocycles. The lowest BCUT2D eigenvalue weighted by Crippen LogP contribution is -2.06. The number of benzene rings is 1. The van der Waals surface area contributed by atoms with E-state index < -0.39 is 0 Å². The predicted molar refractivity (Wildman–Crippen MR) is 77.3 cm³/mol. The summed E-state index contributed by atoms with van der Waals surface area (Å²) in [6, 6.07) is 4.83. The van der Waals surface area contributed by atoms with Crippen molar-refractivity contribution in [2.45, 2.75) is 26.7 Å². The molecule has 0 unspecified atom stereocenters. The molecule has 4 nitrogen and oxygen atoms in total. The highest BCUT2D eigenvalue weighted by molar-refractivity contribution is 6.33. The highest BCUT2D eigenvalue weighted by atomic mass is 35.5. The van der Waals surface area contributed by atoms with Crippen LogP contribution in [-0.2, 0) is 12.8 Å². The van der Waals surface area contributed by atoms with Gasteiger partial charge in [-0.15, -0.1) is 0 Å². The molecule has 3 N–H and O–H groups in total. The smallest absolute Gasteiger partial charge is 0.145 e. The van der Waals surface area contributed by atoms with E-state index in [-0.39, 0.29) is 5.75 Å². The Morgan fingerprint density at radius 1 is 1.16 bits per heavy atom. The van der Waals surface area contributed by atoms with Crippen LogP contribution in [0.2, 0.25) is 5.02 Å². The van der Waals surface area contributed by atoms with Gasteiger partial charge in [-0.1, -0.05) is 25.4 Å². The minimum Gasteiger partial charge on any atom is -0.508 e. The van der Waals surface area contributed by atoms with Crippen LogP contribution >= 0.6 is 11.6 Å². The lowest BCUT2D eigenvalue weighted by Gasteiger charge is -2.12. The highest BCUT2D eigenvalue weighted by Crippen LogP contribution is 2.32. The molecule has 0 atom stereocenters. The summed E-state index contributed by atoms with van der Waals surface area (Å²) >= 11 is 6.17. The van der Waals surface area contributed by atoms with E-state index in [0.29, 0.717) is 23.7 Å². The van der Waals surface area contributed by atoms with Crippen LogP contribution in [0.4, 0.5) is 5.82 Å².